The molecule has 1 saturated heterocycles. The quantitative estimate of drug-likeness (QED) is 0.0245. The van der Waals surface area contributed by atoms with Crippen LogP contribution in [0.1, 0.15) is 152 Å². The number of unbranched alkanes of at least 4 members (excludes halogenated alkanes) is 12. The van der Waals surface area contributed by atoms with Crippen molar-refractivity contribution >= 4 is 64.1 Å². The Balaban J connectivity index is 1.41. The Morgan fingerprint density at radius 1 is 0.637 bits per heavy atom. The first-order valence-corrected chi connectivity index (χ1v) is 28.7. The molecule has 0 spiro atoms. The van der Waals surface area contributed by atoms with Crippen molar-refractivity contribution in [3.05, 3.63) is 90.1 Å². The molecule has 4 aromatic rings. The molecule has 8 amide bonds. The van der Waals surface area contributed by atoms with Crippen molar-refractivity contribution in [2.24, 2.45) is 22.2 Å². The number of fused-ring (bicyclic) bond motifs is 1. The highest BCUT2D eigenvalue weighted by Crippen LogP contribution is 2.20. The van der Waals surface area contributed by atoms with Crippen LogP contribution in [0.15, 0.2) is 78.3 Å². The van der Waals surface area contributed by atoms with E-state index in [1.807, 2.05) is 24.3 Å². The van der Waals surface area contributed by atoms with Gasteiger partial charge in [0, 0.05) is 67.8 Å². The Morgan fingerprint density at radius 2 is 1.23 bits per heavy atom. The predicted molar refractivity (Wildman–Crippen MR) is 307 cm³/mol. The standard InChI is InChI=1S/C58H86N14O8/c1-2-3-4-5-6-7-8-9-10-11-12-13-17-29-50(73)67-49-35-51(74)63-30-21-20-27-44(52(59)75)68-55(78)47(33-40-36-65-43-26-19-18-25-42(40)43)71-53(76)45(28-22-31-64-58(60)61)69-54(77)46(32-39-23-15-14-16-24-39)70-56(79)48(72-57(49)80)34-41-37-62-38-66-41/h14-16,18-19,23-26,36-38,44-49,65H,2-13,17,20-22,27-35H2,1H3,(H2,59,75)(H,62,66)(H,63,74)(H,67,73)(H,68,78)(H,69,77)(H,70,79)(H,71,76)(H,72,80)(H4,60,61,64)/t44-,45+,46-,47-,48+,49?/m0/s1. The zero-order valence-electron chi connectivity index (χ0n) is 46.5. The predicted octanol–water partition coefficient (Wildman–Crippen LogP) is 3.54. The molecule has 0 aliphatic carbocycles. The minimum absolute atomic E-state index is 0.0244. The van der Waals surface area contributed by atoms with Crippen LogP contribution in [0.25, 0.3) is 10.9 Å². The van der Waals surface area contributed by atoms with Crippen LogP contribution in [-0.2, 0) is 57.6 Å². The summed E-state index contributed by atoms with van der Waals surface area (Å²) in [5.41, 5.74) is 19.6. The number of imidazole rings is 1. The SMILES string of the molecule is CCCCCCCCCCCCCCCC(=O)NC1CC(=O)NCCCC[C@@H](C(N)=O)NC(=O)[C@H](Cc2c[nH]c3ccccc23)NC(=O)[C@@H](CCCN=C(N)N)NC(=O)[C@H](Cc2ccccc2)NC(=O)[C@@H](Cc2cnc[nH]2)NC1=O. The maximum atomic E-state index is 14.7. The molecule has 1 aliphatic rings. The molecule has 2 aromatic heterocycles. The number of nitrogens with one attached hydrogen (secondary N) is 9. The van der Waals surface area contributed by atoms with Gasteiger partial charge in [0.05, 0.1) is 12.7 Å². The van der Waals surface area contributed by atoms with Gasteiger partial charge in [0.25, 0.3) is 0 Å². The van der Waals surface area contributed by atoms with E-state index in [-0.39, 0.29) is 64.0 Å². The van der Waals surface area contributed by atoms with E-state index < -0.39 is 89.9 Å². The van der Waals surface area contributed by atoms with Gasteiger partial charge >= 0.3 is 0 Å². The van der Waals surface area contributed by atoms with Crippen molar-refractivity contribution in [3.63, 3.8) is 0 Å². The molecular formula is C58H86N14O8. The number of carbonyl (C=O) groups excluding carboxylic acids is 8. The number of nitrogens with zero attached hydrogens (tertiary/aromatic N) is 2. The first-order chi connectivity index (χ1) is 38.7. The smallest absolute Gasteiger partial charge is 0.243 e. The number of para-hydroxylation sites is 1. The lowest BCUT2D eigenvalue weighted by Gasteiger charge is -2.27. The van der Waals surface area contributed by atoms with Crippen molar-refractivity contribution in [1.82, 2.24) is 52.2 Å². The molecule has 22 heteroatoms. The minimum Gasteiger partial charge on any atom is -0.370 e. The largest absolute Gasteiger partial charge is 0.370 e. The number of benzene rings is 2. The number of H-pyrrole nitrogens is 2. The molecule has 0 radical (unpaired) electrons. The summed E-state index contributed by atoms with van der Waals surface area (Å²) in [7, 11) is 0. The monoisotopic (exact) mass is 1110 g/mol. The van der Waals surface area contributed by atoms with Gasteiger partial charge in [-0.25, -0.2) is 4.98 Å². The third-order valence-corrected chi connectivity index (χ3v) is 14.3. The Bertz CT molecular complexity index is 2600. The molecule has 0 saturated carbocycles. The van der Waals surface area contributed by atoms with E-state index in [2.05, 4.69) is 64.1 Å². The Morgan fingerprint density at radius 3 is 1.88 bits per heavy atom. The number of amides is 8. The number of hydrogen-bond donors (Lipinski definition) is 12. The van der Waals surface area contributed by atoms with E-state index in [4.69, 9.17) is 17.2 Å². The molecule has 6 atom stereocenters. The van der Waals surface area contributed by atoms with E-state index in [9.17, 15) is 38.4 Å². The molecule has 1 fully saturated rings. The minimum atomic E-state index is -1.41. The summed E-state index contributed by atoms with van der Waals surface area (Å²) in [6.07, 6.45) is 19.6. The Kier molecular flexibility index (Phi) is 27.6. The van der Waals surface area contributed by atoms with Gasteiger partial charge in [-0.2, -0.15) is 0 Å². The number of hydrogen-bond acceptors (Lipinski definition) is 10. The highest BCUT2D eigenvalue weighted by atomic mass is 16.2. The van der Waals surface area contributed by atoms with Gasteiger partial charge in [0.1, 0.15) is 36.3 Å². The number of aromatic amines is 2. The number of guanidine groups is 1. The lowest BCUT2D eigenvalue weighted by molar-refractivity contribution is -0.136. The van der Waals surface area contributed by atoms with E-state index >= 15 is 0 Å². The van der Waals surface area contributed by atoms with Gasteiger partial charge in [-0.3, -0.25) is 43.3 Å². The van der Waals surface area contributed by atoms with Crippen molar-refractivity contribution in [2.75, 3.05) is 13.1 Å². The third-order valence-electron chi connectivity index (χ3n) is 14.3. The summed E-state index contributed by atoms with van der Waals surface area (Å²) >= 11 is 0. The van der Waals surface area contributed by atoms with Crippen molar-refractivity contribution in [1.29, 1.82) is 0 Å². The average Bonchev–Trinajstić information content (AvgIpc) is 4.11. The molecule has 22 nitrogen and oxygen atoms in total. The summed E-state index contributed by atoms with van der Waals surface area (Å²) in [6, 6.07) is 8.31. The number of aromatic nitrogens is 3. The van der Waals surface area contributed by atoms with Crippen LogP contribution in [0.4, 0.5) is 0 Å². The molecule has 436 valence electrons. The maximum Gasteiger partial charge on any atom is 0.243 e. The lowest BCUT2D eigenvalue weighted by atomic mass is 10.0. The summed E-state index contributed by atoms with van der Waals surface area (Å²) in [5, 5.41) is 20.2. The second kappa shape index (κ2) is 35.0. The summed E-state index contributed by atoms with van der Waals surface area (Å²) in [6.45, 7) is 2.42. The van der Waals surface area contributed by atoms with Crippen LogP contribution in [0.3, 0.4) is 0 Å². The number of nitrogens with two attached hydrogens (primary N) is 3. The normalized spacial score (nSPS) is 20.3. The summed E-state index contributed by atoms with van der Waals surface area (Å²) < 4.78 is 0. The first-order valence-electron chi connectivity index (χ1n) is 28.7. The molecule has 1 aliphatic heterocycles. The van der Waals surface area contributed by atoms with Gasteiger partial charge < -0.3 is 64.4 Å². The summed E-state index contributed by atoms with van der Waals surface area (Å²) in [5.74, 6) is -5.88. The Labute approximate surface area is 469 Å². The second-order valence-corrected chi connectivity index (χ2v) is 20.9. The zero-order valence-corrected chi connectivity index (χ0v) is 46.5. The fourth-order valence-corrected chi connectivity index (χ4v) is 9.77. The number of rotatable bonds is 26. The molecular weight excluding hydrogens is 1020 g/mol. The average molecular weight is 1110 g/mol. The highest BCUT2D eigenvalue weighted by Gasteiger charge is 2.35. The third kappa shape index (κ3) is 22.9. The molecule has 80 heavy (non-hydrogen) atoms. The van der Waals surface area contributed by atoms with E-state index in [0.717, 1.165) is 36.6 Å². The number of carbonyl (C=O) groups is 8. The first kappa shape index (κ1) is 63.1. The molecule has 15 N–H and O–H groups in total. The van der Waals surface area contributed by atoms with Gasteiger partial charge in [-0.1, -0.05) is 133 Å². The maximum absolute atomic E-state index is 14.7. The van der Waals surface area contributed by atoms with Gasteiger partial charge in [0.2, 0.25) is 47.3 Å². The topological polar surface area (TPSA) is 356 Å². The van der Waals surface area contributed by atoms with Crippen molar-refractivity contribution < 1.29 is 38.4 Å². The molecule has 0 bridgehead atoms. The van der Waals surface area contributed by atoms with Crippen LogP contribution in [-0.4, -0.2) is 118 Å². The number of aliphatic imine (C=N–C) groups is 1. The van der Waals surface area contributed by atoms with Crippen molar-refractivity contribution in [2.45, 2.75) is 191 Å². The Hall–Kier alpha value is -7.78. The van der Waals surface area contributed by atoms with Gasteiger partial charge in [-0.15, -0.1) is 0 Å². The van der Waals surface area contributed by atoms with Crippen LogP contribution in [0.5, 0.6) is 0 Å². The molecule has 1 unspecified atom stereocenters. The van der Waals surface area contributed by atoms with E-state index in [1.54, 1.807) is 36.5 Å². The van der Waals surface area contributed by atoms with Crippen LogP contribution in [0.2, 0.25) is 0 Å². The summed E-state index contributed by atoms with van der Waals surface area (Å²) in [4.78, 5) is 127. The van der Waals surface area contributed by atoms with Gasteiger partial charge in [-0.05, 0) is 55.7 Å². The van der Waals surface area contributed by atoms with Crippen LogP contribution < -0.4 is 54.4 Å². The zero-order chi connectivity index (χ0) is 57.5. The molecule has 3 heterocycles. The van der Waals surface area contributed by atoms with Crippen LogP contribution in [0, 0.1) is 0 Å². The van der Waals surface area contributed by atoms with Gasteiger partial charge in [0.15, 0.2) is 5.96 Å². The second-order valence-electron chi connectivity index (χ2n) is 20.9. The number of primary amides is 1. The van der Waals surface area contributed by atoms with E-state index in [0.29, 0.717) is 36.1 Å². The van der Waals surface area contributed by atoms with Crippen LogP contribution >= 0.6 is 0 Å². The van der Waals surface area contributed by atoms with Crippen molar-refractivity contribution in [3.8, 4) is 0 Å². The molecule has 5 rings (SSSR count). The van der Waals surface area contributed by atoms with E-state index in [1.165, 1.54) is 63.9 Å². The highest BCUT2D eigenvalue weighted by molar-refractivity contribution is 5.98. The lowest BCUT2D eigenvalue weighted by Crippen LogP contribution is -2.60. The molecule has 2 aromatic carbocycles. The fourth-order valence-electron chi connectivity index (χ4n) is 9.77. The fraction of sp³-hybridized carbons (Fsp3) is 0.552.